The Bertz CT molecular complexity index is 1460. The maximum atomic E-state index is 13.8. The minimum Gasteiger partial charge on any atom is -0.493 e. The molecule has 38 heavy (non-hydrogen) atoms. The lowest BCUT2D eigenvalue weighted by Crippen LogP contribution is -2.38. The van der Waals surface area contributed by atoms with Crippen molar-refractivity contribution in [3.63, 3.8) is 0 Å². The standard InChI is InChI=1S/C27H28ClN3O6S/c1-18-6-9-20(15-23(18)30-14-4-5-27(30)33)29-26(32)17-31(21-10-7-19(28)8-11-21)38(34,35)22-12-13-24(36-2)25(16-22)37-3/h6-13,15-16H,4-5,14,17H2,1-3H3,(H,29,32). The molecule has 4 rings (SSSR count). The van der Waals surface area contributed by atoms with Crippen LogP contribution in [0.3, 0.4) is 0 Å². The molecule has 0 saturated carbocycles. The Morgan fingerprint density at radius 3 is 2.37 bits per heavy atom. The minimum atomic E-state index is -4.21. The molecule has 0 radical (unpaired) electrons. The van der Waals surface area contributed by atoms with Gasteiger partial charge in [0.25, 0.3) is 10.0 Å². The molecule has 0 aromatic heterocycles. The highest BCUT2D eigenvalue weighted by molar-refractivity contribution is 7.92. The van der Waals surface area contributed by atoms with Crippen LogP contribution in [0.1, 0.15) is 18.4 Å². The molecule has 11 heteroatoms. The number of nitrogens with one attached hydrogen (secondary N) is 1. The number of hydrogen-bond donors (Lipinski definition) is 1. The van der Waals surface area contributed by atoms with Gasteiger partial charge in [-0.15, -0.1) is 0 Å². The van der Waals surface area contributed by atoms with Crippen molar-refractivity contribution in [1.29, 1.82) is 0 Å². The Kier molecular flexibility index (Phi) is 8.13. The molecule has 1 heterocycles. The molecule has 0 aliphatic carbocycles. The van der Waals surface area contributed by atoms with E-state index in [0.717, 1.165) is 22.0 Å². The molecule has 3 aromatic carbocycles. The highest BCUT2D eigenvalue weighted by Crippen LogP contribution is 2.33. The summed E-state index contributed by atoms with van der Waals surface area (Å²) in [4.78, 5) is 27.1. The Morgan fingerprint density at radius 1 is 1.03 bits per heavy atom. The van der Waals surface area contributed by atoms with E-state index in [1.165, 1.54) is 44.6 Å². The quantitative estimate of drug-likeness (QED) is 0.411. The molecule has 1 aliphatic rings. The number of carbonyl (C=O) groups excluding carboxylic acids is 2. The number of rotatable bonds is 9. The second-order valence-corrected chi connectivity index (χ2v) is 11.0. The van der Waals surface area contributed by atoms with Gasteiger partial charge in [0.2, 0.25) is 11.8 Å². The molecule has 0 unspecified atom stereocenters. The van der Waals surface area contributed by atoms with Crippen molar-refractivity contribution in [3.05, 3.63) is 71.2 Å². The van der Waals surface area contributed by atoms with Gasteiger partial charge in [-0.05, 0) is 67.4 Å². The summed E-state index contributed by atoms with van der Waals surface area (Å²) in [5, 5.41) is 3.19. The van der Waals surface area contributed by atoms with Gasteiger partial charge in [0.05, 0.1) is 24.8 Å². The van der Waals surface area contributed by atoms with Gasteiger partial charge in [-0.2, -0.15) is 0 Å². The predicted molar refractivity (Wildman–Crippen MR) is 147 cm³/mol. The zero-order valence-electron chi connectivity index (χ0n) is 21.2. The fraction of sp³-hybridized carbons (Fsp3) is 0.259. The summed E-state index contributed by atoms with van der Waals surface area (Å²) in [6.45, 7) is 2.00. The van der Waals surface area contributed by atoms with Crippen LogP contribution in [-0.2, 0) is 19.6 Å². The number of halogens is 1. The summed E-state index contributed by atoms with van der Waals surface area (Å²) in [5.74, 6) is 0.0738. The lowest BCUT2D eigenvalue weighted by atomic mass is 10.1. The van der Waals surface area contributed by atoms with Crippen molar-refractivity contribution < 1.29 is 27.5 Å². The summed E-state index contributed by atoms with van der Waals surface area (Å²) in [5.41, 5.74) is 2.33. The van der Waals surface area contributed by atoms with Gasteiger partial charge in [-0.25, -0.2) is 8.42 Å². The van der Waals surface area contributed by atoms with Crippen molar-refractivity contribution in [1.82, 2.24) is 0 Å². The minimum absolute atomic E-state index is 0.0338. The number of methoxy groups -OCH3 is 2. The average molecular weight is 558 g/mol. The first kappa shape index (κ1) is 27.3. The topological polar surface area (TPSA) is 105 Å². The van der Waals surface area contributed by atoms with Gasteiger partial charge in [0, 0.05) is 35.4 Å². The Balaban J connectivity index is 1.64. The van der Waals surface area contributed by atoms with Crippen molar-refractivity contribution in [2.45, 2.75) is 24.7 Å². The molecule has 0 spiro atoms. The summed E-state index contributed by atoms with van der Waals surface area (Å²) in [6.07, 6.45) is 1.26. The number of carbonyl (C=O) groups is 2. The zero-order valence-corrected chi connectivity index (χ0v) is 22.8. The number of ether oxygens (including phenoxy) is 2. The smallest absolute Gasteiger partial charge is 0.264 e. The maximum absolute atomic E-state index is 13.8. The van der Waals surface area contributed by atoms with Crippen molar-refractivity contribution in [3.8, 4) is 11.5 Å². The molecule has 0 atom stereocenters. The highest BCUT2D eigenvalue weighted by atomic mass is 35.5. The number of amides is 2. The van der Waals surface area contributed by atoms with Crippen LogP contribution in [0.5, 0.6) is 11.5 Å². The normalized spacial score (nSPS) is 13.4. The number of aryl methyl sites for hydroxylation is 1. The van der Waals surface area contributed by atoms with Crippen LogP contribution < -0.4 is 24.0 Å². The Hall–Kier alpha value is -3.76. The molecule has 1 N–H and O–H groups in total. The zero-order chi connectivity index (χ0) is 27.4. The van der Waals surface area contributed by atoms with E-state index < -0.39 is 22.5 Å². The number of nitrogens with zero attached hydrogens (tertiary/aromatic N) is 2. The molecule has 9 nitrogen and oxygen atoms in total. The van der Waals surface area contributed by atoms with Crippen molar-refractivity contribution in [2.24, 2.45) is 0 Å². The van der Waals surface area contributed by atoms with Crippen LogP contribution in [-0.4, -0.2) is 47.5 Å². The van der Waals surface area contributed by atoms with Gasteiger partial charge >= 0.3 is 0 Å². The first-order valence-electron chi connectivity index (χ1n) is 11.8. The van der Waals surface area contributed by atoms with Gasteiger partial charge in [-0.1, -0.05) is 17.7 Å². The van der Waals surface area contributed by atoms with E-state index in [0.29, 0.717) is 29.4 Å². The van der Waals surface area contributed by atoms with Gasteiger partial charge in [0.15, 0.2) is 11.5 Å². The molecule has 1 saturated heterocycles. The highest BCUT2D eigenvalue weighted by Gasteiger charge is 2.29. The maximum Gasteiger partial charge on any atom is 0.264 e. The van der Waals surface area contributed by atoms with E-state index in [4.69, 9.17) is 21.1 Å². The number of hydrogen-bond acceptors (Lipinski definition) is 6. The lowest BCUT2D eigenvalue weighted by molar-refractivity contribution is -0.117. The van der Waals surface area contributed by atoms with Crippen LogP contribution in [0.25, 0.3) is 0 Å². The van der Waals surface area contributed by atoms with Crippen LogP contribution in [0.2, 0.25) is 5.02 Å². The Morgan fingerprint density at radius 2 is 1.74 bits per heavy atom. The third kappa shape index (κ3) is 5.71. The molecule has 1 fully saturated rings. The second-order valence-electron chi connectivity index (χ2n) is 8.70. The first-order valence-corrected chi connectivity index (χ1v) is 13.7. The van der Waals surface area contributed by atoms with Crippen molar-refractivity contribution in [2.75, 3.05) is 41.8 Å². The van der Waals surface area contributed by atoms with Crippen LogP contribution in [0, 0.1) is 6.92 Å². The predicted octanol–water partition coefficient (Wildman–Crippen LogP) is 4.63. The van der Waals surface area contributed by atoms with Gasteiger partial charge in [0.1, 0.15) is 6.54 Å². The molecule has 2 amide bonds. The fourth-order valence-corrected chi connectivity index (χ4v) is 5.80. The van der Waals surface area contributed by atoms with Crippen LogP contribution in [0.4, 0.5) is 17.1 Å². The molecule has 0 bridgehead atoms. The third-order valence-corrected chi connectivity index (χ3v) is 8.22. The van der Waals surface area contributed by atoms with E-state index in [2.05, 4.69) is 5.32 Å². The van der Waals surface area contributed by atoms with E-state index in [-0.39, 0.29) is 22.2 Å². The van der Waals surface area contributed by atoms with Crippen LogP contribution >= 0.6 is 11.6 Å². The van der Waals surface area contributed by atoms with Gasteiger partial charge < -0.3 is 19.7 Å². The molecule has 3 aromatic rings. The molecule has 200 valence electrons. The Labute approximate surface area is 227 Å². The van der Waals surface area contributed by atoms with Crippen molar-refractivity contribution >= 4 is 50.5 Å². The number of anilines is 3. The monoisotopic (exact) mass is 557 g/mol. The molecular weight excluding hydrogens is 530 g/mol. The largest absolute Gasteiger partial charge is 0.493 e. The fourth-order valence-electron chi connectivity index (χ4n) is 4.24. The lowest BCUT2D eigenvalue weighted by Gasteiger charge is -2.25. The van der Waals surface area contributed by atoms with E-state index >= 15 is 0 Å². The second kappa shape index (κ2) is 11.3. The van der Waals surface area contributed by atoms with Gasteiger partial charge in [-0.3, -0.25) is 13.9 Å². The summed E-state index contributed by atoms with van der Waals surface area (Å²) in [7, 11) is -1.35. The SMILES string of the molecule is COc1ccc(S(=O)(=O)N(CC(=O)Nc2ccc(C)c(N3CCCC3=O)c2)c2ccc(Cl)cc2)cc1OC. The number of benzene rings is 3. The molecular formula is C27H28ClN3O6S. The van der Waals surface area contributed by atoms with E-state index in [1.54, 1.807) is 29.2 Å². The summed E-state index contributed by atoms with van der Waals surface area (Å²) < 4.78 is 39.0. The third-order valence-electron chi connectivity index (χ3n) is 6.20. The van der Waals surface area contributed by atoms with E-state index in [9.17, 15) is 18.0 Å². The summed E-state index contributed by atoms with van der Waals surface area (Å²) >= 11 is 6.02. The van der Waals surface area contributed by atoms with Crippen LogP contribution in [0.15, 0.2) is 65.6 Å². The van der Waals surface area contributed by atoms with E-state index in [1.807, 2.05) is 13.0 Å². The number of sulfonamides is 1. The summed E-state index contributed by atoms with van der Waals surface area (Å²) in [6, 6.07) is 15.6. The first-order chi connectivity index (χ1) is 18.1. The average Bonchev–Trinajstić information content (AvgIpc) is 3.34. The molecule has 1 aliphatic heterocycles.